The van der Waals surface area contributed by atoms with Gasteiger partial charge in [0.15, 0.2) is 0 Å². The van der Waals surface area contributed by atoms with Crippen LogP contribution in [0.25, 0.3) is 0 Å². The predicted octanol–water partition coefficient (Wildman–Crippen LogP) is 2.60. The molecule has 0 aliphatic carbocycles. The van der Waals surface area contributed by atoms with Gasteiger partial charge in [-0.15, -0.1) is 0 Å². The van der Waals surface area contributed by atoms with Crippen molar-refractivity contribution >= 4 is 17.4 Å². The Morgan fingerprint density at radius 3 is 2.71 bits per heavy atom. The van der Waals surface area contributed by atoms with Crippen molar-refractivity contribution in [3.05, 3.63) is 17.0 Å². The number of rotatable bonds is 5. The van der Waals surface area contributed by atoms with Gasteiger partial charge in [0.05, 0.1) is 0 Å². The lowest BCUT2D eigenvalue weighted by molar-refractivity contribution is -0.144. The summed E-state index contributed by atoms with van der Waals surface area (Å²) in [5.74, 6) is -1.20. The van der Waals surface area contributed by atoms with Crippen molar-refractivity contribution < 1.29 is 17.9 Å². The predicted molar refractivity (Wildman–Crippen MR) is 57.0 cm³/mol. The van der Waals surface area contributed by atoms with E-state index in [1.54, 1.807) is 7.11 Å². The first-order valence-corrected chi connectivity index (χ1v) is 5.16. The molecule has 0 aliphatic rings. The molecule has 0 saturated heterocycles. The Kier molecular flexibility index (Phi) is 4.95. The van der Waals surface area contributed by atoms with Gasteiger partial charge in [0, 0.05) is 26.3 Å². The van der Waals surface area contributed by atoms with E-state index >= 15 is 0 Å². The molecule has 0 aromatic carbocycles. The van der Waals surface area contributed by atoms with Crippen molar-refractivity contribution in [3.63, 3.8) is 0 Å². The number of hydrogen-bond acceptors (Lipinski definition) is 4. The fourth-order valence-corrected chi connectivity index (χ4v) is 1.25. The highest BCUT2D eigenvalue weighted by atomic mass is 35.5. The van der Waals surface area contributed by atoms with Gasteiger partial charge in [0.2, 0.25) is 5.82 Å². The molecule has 1 heterocycles. The largest absolute Gasteiger partial charge is 0.451 e. The van der Waals surface area contributed by atoms with Gasteiger partial charge in [0.1, 0.15) is 11.0 Å². The fraction of sp³-hybridized carbons (Fsp3) is 0.556. The summed E-state index contributed by atoms with van der Waals surface area (Å²) in [5, 5.41) is 2.47. The zero-order valence-electron chi connectivity index (χ0n) is 9.01. The third-order valence-electron chi connectivity index (χ3n) is 1.78. The maximum absolute atomic E-state index is 12.4. The number of hydrogen-bond donors (Lipinski definition) is 1. The van der Waals surface area contributed by atoms with Crippen LogP contribution < -0.4 is 5.32 Å². The molecule has 0 radical (unpaired) electrons. The maximum atomic E-state index is 12.4. The first kappa shape index (κ1) is 14.0. The zero-order chi connectivity index (χ0) is 12.9. The van der Waals surface area contributed by atoms with Crippen molar-refractivity contribution in [2.45, 2.75) is 12.6 Å². The molecule has 0 amide bonds. The molecule has 0 fully saturated rings. The van der Waals surface area contributed by atoms with E-state index in [0.717, 1.165) is 0 Å². The number of anilines is 1. The molecular formula is C9H11ClF3N3O. The van der Waals surface area contributed by atoms with Gasteiger partial charge in [-0.2, -0.15) is 13.2 Å². The first-order chi connectivity index (χ1) is 7.93. The van der Waals surface area contributed by atoms with E-state index in [1.165, 1.54) is 6.07 Å². The highest BCUT2D eigenvalue weighted by Gasteiger charge is 2.35. The lowest BCUT2D eigenvalue weighted by atomic mass is 10.4. The Bertz CT molecular complexity index is 373. The van der Waals surface area contributed by atoms with Crippen LogP contribution in [-0.4, -0.2) is 30.2 Å². The van der Waals surface area contributed by atoms with E-state index in [9.17, 15) is 13.2 Å². The summed E-state index contributed by atoms with van der Waals surface area (Å²) < 4.78 is 41.9. The van der Waals surface area contributed by atoms with Crippen LogP contribution in [0.1, 0.15) is 12.2 Å². The summed E-state index contributed by atoms with van der Waals surface area (Å²) >= 11 is 5.48. The second-order valence-electron chi connectivity index (χ2n) is 3.17. The summed E-state index contributed by atoms with van der Waals surface area (Å²) in [7, 11) is 1.54. The van der Waals surface area contributed by atoms with E-state index in [-0.39, 0.29) is 11.0 Å². The van der Waals surface area contributed by atoms with Gasteiger partial charge in [-0.05, 0) is 6.42 Å². The molecule has 0 aliphatic heterocycles. The van der Waals surface area contributed by atoms with Crippen molar-refractivity contribution in [3.8, 4) is 0 Å². The third kappa shape index (κ3) is 4.74. The summed E-state index contributed by atoms with van der Waals surface area (Å²) in [6, 6.07) is 1.24. The van der Waals surface area contributed by atoms with Crippen LogP contribution in [0.5, 0.6) is 0 Å². The number of nitrogens with zero attached hydrogens (tertiary/aromatic N) is 2. The SMILES string of the molecule is COCCCNc1cc(Cl)nc(C(F)(F)F)n1. The monoisotopic (exact) mass is 269 g/mol. The van der Waals surface area contributed by atoms with Gasteiger partial charge < -0.3 is 10.1 Å². The van der Waals surface area contributed by atoms with Crippen LogP contribution in [0.3, 0.4) is 0 Å². The smallest absolute Gasteiger partial charge is 0.385 e. The Morgan fingerprint density at radius 2 is 2.12 bits per heavy atom. The van der Waals surface area contributed by atoms with Gasteiger partial charge >= 0.3 is 6.18 Å². The van der Waals surface area contributed by atoms with Gasteiger partial charge in [-0.25, -0.2) is 9.97 Å². The summed E-state index contributed by atoms with van der Waals surface area (Å²) in [6.45, 7) is 0.955. The molecule has 0 unspecified atom stereocenters. The Hall–Kier alpha value is -1.08. The molecule has 0 atom stereocenters. The molecule has 0 spiro atoms. The number of halogens is 4. The normalized spacial score (nSPS) is 11.6. The van der Waals surface area contributed by atoms with Crippen molar-refractivity contribution in [2.24, 2.45) is 0 Å². The number of methoxy groups -OCH3 is 1. The maximum Gasteiger partial charge on any atom is 0.451 e. The van der Waals surface area contributed by atoms with E-state index in [2.05, 4.69) is 15.3 Å². The molecule has 0 saturated carbocycles. The number of ether oxygens (including phenoxy) is 1. The zero-order valence-corrected chi connectivity index (χ0v) is 9.77. The molecule has 1 aromatic heterocycles. The standard InChI is InChI=1S/C9H11ClF3N3O/c1-17-4-2-3-14-7-5-6(10)15-8(16-7)9(11,12)13/h5H,2-4H2,1H3,(H,14,15,16). The average molecular weight is 270 g/mol. The van der Waals surface area contributed by atoms with Crippen LogP contribution >= 0.6 is 11.6 Å². The van der Waals surface area contributed by atoms with Crippen LogP contribution in [0.2, 0.25) is 5.15 Å². The van der Waals surface area contributed by atoms with Crippen LogP contribution in [0, 0.1) is 0 Å². The summed E-state index contributed by atoms with van der Waals surface area (Å²) in [4.78, 5) is 6.44. The minimum absolute atomic E-state index is 0.0495. The van der Waals surface area contributed by atoms with Gasteiger partial charge in [0.25, 0.3) is 0 Å². The lowest BCUT2D eigenvalue weighted by Crippen LogP contribution is -2.14. The molecular weight excluding hydrogens is 259 g/mol. The molecule has 96 valence electrons. The van der Waals surface area contributed by atoms with Crippen molar-refractivity contribution in [1.29, 1.82) is 0 Å². The van der Waals surface area contributed by atoms with E-state index in [4.69, 9.17) is 16.3 Å². The van der Waals surface area contributed by atoms with E-state index in [1.807, 2.05) is 0 Å². The van der Waals surface area contributed by atoms with Crippen molar-refractivity contribution in [2.75, 3.05) is 25.6 Å². The van der Waals surface area contributed by atoms with E-state index < -0.39 is 12.0 Å². The average Bonchev–Trinajstić information content (AvgIpc) is 2.22. The number of aromatic nitrogens is 2. The lowest BCUT2D eigenvalue weighted by Gasteiger charge is -2.09. The van der Waals surface area contributed by atoms with Crippen LogP contribution in [0.15, 0.2) is 6.07 Å². The quantitative estimate of drug-likeness (QED) is 0.659. The molecule has 0 bridgehead atoms. The molecule has 1 aromatic rings. The van der Waals surface area contributed by atoms with E-state index in [0.29, 0.717) is 19.6 Å². The molecule has 1 rings (SSSR count). The van der Waals surface area contributed by atoms with Gasteiger partial charge in [-0.1, -0.05) is 11.6 Å². The fourth-order valence-electron chi connectivity index (χ4n) is 1.07. The third-order valence-corrected chi connectivity index (χ3v) is 1.97. The minimum atomic E-state index is -4.60. The van der Waals surface area contributed by atoms with Crippen LogP contribution in [-0.2, 0) is 10.9 Å². The summed E-state index contributed by atoms with van der Waals surface area (Å²) in [5.41, 5.74) is 0. The molecule has 1 N–H and O–H groups in total. The highest BCUT2D eigenvalue weighted by molar-refractivity contribution is 6.29. The highest BCUT2D eigenvalue weighted by Crippen LogP contribution is 2.28. The van der Waals surface area contributed by atoms with Crippen LogP contribution in [0.4, 0.5) is 19.0 Å². The number of nitrogens with one attached hydrogen (secondary N) is 1. The topological polar surface area (TPSA) is 47.0 Å². The van der Waals surface area contributed by atoms with Crippen molar-refractivity contribution in [1.82, 2.24) is 9.97 Å². The molecule has 8 heteroatoms. The Labute approximate surface area is 101 Å². The minimum Gasteiger partial charge on any atom is -0.385 e. The first-order valence-electron chi connectivity index (χ1n) is 4.78. The second-order valence-corrected chi connectivity index (χ2v) is 3.56. The second kappa shape index (κ2) is 6.02. The Balaban J connectivity index is 2.69. The number of alkyl halides is 3. The molecule has 4 nitrogen and oxygen atoms in total. The Morgan fingerprint density at radius 1 is 1.41 bits per heavy atom. The summed E-state index contributed by atoms with van der Waals surface area (Å²) in [6.07, 6.45) is -3.95. The molecule has 17 heavy (non-hydrogen) atoms. The van der Waals surface area contributed by atoms with Gasteiger partial charge in [-0.3, -0.25) is 0 Å².